The van der Waals surface area contributed by atoms with Gasteiger partial charge >= 0.3 is 5.97 Å². The number of hydrogen-bond acceptors (Lipinski definition) is 9. The zero-order valence-corrected chi connectivity index (χ0v) is 21.3. The lowest BCUT2D eigenvalue weighted by molar-refractivity contribution is -0.123. The highest BCUT2D eigenvalue weighted by Crippen LogP contribution is 2.33. The van der Waals surface area contributed by atoms with Gasteiger partial charge in [0.25, 0.3) is 0 Å². The molecule has 0 bridgehead atoms. The molecule has 1 amide bonds. The first-order valence-corrected chi connectivity index (χ1v) is 12.2. The Morgan fingerprint density at radius 2 is 1.89 bits per heavy atom. The summed E-state index contributed by atoms with van der Waals surface area (Å²) in [5, 5.41) is 9.29. The van der Waals surface area contributed by atoms with Crippen LogP contribution in [0.4, 0.5) is 5.82 Å². The van der Waals surface area contributed by atoms with Gasteiger partial charge in [-0.15, -0.1) is 0 Å². The molecule has 2 unspecified atom stereocenters. The molecule has 1 aliphatic rings. The van der Waals surface area contributed by atoms with Crippen molar-refractivity contribution in [1.82, 2.24) is 9.97 Å². The Morgan fingerprint density at radius 3 is 2.47 bits per heavy atom. The summed E-state index contributed by atoms with van der Waals surface area (Å²) < 4.78 is 21.5. The number of ether oxygens (including phenoxy) is 4. The van der Waals surface area contributed by atoms with Crippen molar-refractivity contribution in [2.75, 3.05) is 38.9 Å². The van der Waals surface area contributed by atoms with Crippen molar-refractivity contribution < 1.29 is 33.6 Å². The van der Waals surface area contributed by atoms with Gasteiger partial charge in [-0.2, -0.15) is 0 Å². The number of carbonyl (C=O) groups is 2. The Bertz CT molecular complexity index is 1010. The van der Waals surface area contributed by atoms with E-state index < -0.39 is 12.1 Å². The van der Waals surface area contributed by atoms with Crippen LogP contribution >= 0.6 is 0 Å². The minimum Gasteiger partial charge on any atom is -0.488 e. The molecule has 1 fully saturated rings. The number of rotatable bonds is 14. The molecule has 196 valence electrons. The molecule has 1 aromatic carbocycles. The number of hydrogen-bond donors (Lipinski definition) is 1. The summed E-state index contributed by atoms with van der Waals surface area (Å²) in [6, 6.07) is 4.59. The van der Waals surface area contributed by atoms with E-state index >= 15 is 0 Å². The summed E-state index contributed by atoms with van der Waals surface area (Å²) >= 11 is 0. The van der Waals surface area contributed by atoms with Gasteiger partial charge in [0.15, 0.2) is 5.82 Å². The average molecular weight is 502 g/mol. The van der Waals surface area contributed by atoms with Gasteiger partial charge in [-0.1, -0.05) is 6.92 Å². The number of esters is 1. The molecular weight excluding hydrogens is 466 g/mol. The summed E-state index contributed by atoms with van der Waals surface area (Å²) in [7, 11) is 2.91. The van der Waals surface area contributed by atoms with Gasteiger partial charge in [-0.05, 0) is 50.7 Å². The van der Waals surface area contributed by atoms with Crippen LogP contribution in [-0.4, -0.2) is 67.0 Å². The molecule has 3 rings (SSSR count). The molecule has 0 spiro atoms. The molecule has 1 aliphatic carbocycles. The van der Waals surface area contributed by atoms with Gasteiger partial charge < -0.3 is 24.1 Å². The third-order valence-electron chi connectivity index (χ3n) is 5.93. The number of carbonyl (C=O) groups excluding carboxylic acids is 2. The summed E-state index contributed by atoms with van der Waals surface area (Å²) in [5.74, 6) is 1.08. The number of anilines is 1. The van der Waals surface area contributed by atoms with E-state index in [0.29, 0.717) is 43.5 Å². The van der Waals surface area contributed by atoms with Gasteiger partial charge in [0.05, 0.1) is 31.7 Å². The Morgan fingerprint density at radius 1 is 1.14 bits per heavy atom. The van der Waals surface area contributed by atoms with Crippen molar-refractivity contribution >= 4 is 17.7 Å². The third kappa shape index (κ3) is 7.63. The highest BCUT2D eigenvalue weighted by Gasteiger charge is 2.31. The van der Waals surface area contributed by atoms with E-state index in [9.17, 15) is 14.7 Å². The molecule has 0 radical (unpaired) electrons. The fourth-order valence-electron chi connectivity index (χ4n) is 3.66. The van der Waals surface area contributed by atoms with Crippen LogP contribution in [0.5, 0.6) is 17.4 Å². The number of amides is 1. The van der Waals surface area contributed by atoms with Crippen molar-refractivity contribution in [2.24, 2.45) is 11.8 Å². The van der Waals surface area contributed by atoms with E-state index in [4.69, 9.17) is 18.9 Å². The van der Waals surface area contributed by atoms with E-state index in [2.05, 4.69) is 9.97 Å². The summed E-state index contributed by atoms with van der Waals surface area (Å²) in [6.45, 7) is 4.64. The van der Waals surface area contributed by atoms with Crippen LogP contribution in [0, 0.1) is 11.8 Å². The molecule has 36 heavy (non-hydrogen) atoms. The molecule has 1 heterocycles. The van der Waals surface area contributed by atoms with Crippen molar-refractivity contribution in [1.29, 1.82) is 0 Å². The maximum absolute atomic E-state index is 13.3. The Kier molecular flexibility index (Phi) is 10.0. The summed E-state index contributed by atoms with van der Waals surface area (Å²) in [4.78, 5) is 35.9. The largest absolute Gasteiger partial charge is 0.488 e. The first-order valence-electron chi connectivity index (χ1n) is 12.2. The lowest BCUT2D eigenvalue weighted by Crippen LogP contribution is -2.38. The topological polar surface area (TPSA) is 120 Å². The molecule has 2 atom stereocenters. The van der Waals surface area contributed by atoms with E-state index in [1.807, 2.05) is 6.92 Å². The van der Waals surface area contributed by atoms with Crippen LogP contribution in [0.3, 0.4) is 0 Å². The van der Waals surface area contributed by atoms with Crippen LogP contribution in [0.1, 0.15) is 49.9 Å². The predicted octanol–water partition coefficient (Wildman–Crippen LogP) is 3.62. The number of methoxy groups -OCH3 is 2. The molecule has 0 aliphatic heterocycles. The minimum atomic E-state index is -0.559. The standard InChI is InChI=1S/C26H35N3O7/c1-5-19(8-9-33-3)25(31)29(15-18-6-7-18)23-13-28-24(14-27-23)36-22-11-20(26(32)34-4)10-21(12-22)35-17(2)16-30/h10-14,17-19,30H,5-9,15-16H2,1-4H3. The Hall–Kier alpha value is -3.24. The number of aromatic nitrogens is 2. The molecule has 1 N–H and O–H groups in total. The van der Waals surface area contributed by atoms with Gasteiger partial charge in [0, 0.05) is 32.2 Å². The second-order valence-corrected chi connectivity index (χ2v) is 8.89. The van der Waals surface area contributed by atoms with E-state index in [1.165, 1.54) is 31.6 Å². The van der Waals surface area contributed by atoms with Gasteiger partial charge in [0.2, 0.25) is 11.8 Å². The third-order valence-corrected chi connectivity index (χ3v) is 5.93. The normalized spacial score (nSPS) is 14.6. The molecular formula is C26H35N3O7. The Labute approximate surface area is 211 Å². The SMILES string of the molecule is CCC(CCOC)C(=O)N(CC1CC1)c1cnc(Oc2cc(OC(C)CO)cc(C(=O)OC)c2)cn1. The fraction of sp³-hybridized carbons (Fsp3) is 0.538. The van der Waals surface area contributed by atoms with Crippen LogP contribution in [0.2, 0.25) is 0 Å². The quantitative estimate of drug-likeness (QED) is 0.387. The lowest BCUT2D eigenvalue weighted by Gasteiger charge is -2.26. The van der Waals surface area contributed by atoms with Crippen molar-refractivity contribution in [3.63, 3.8) is 0 Å². The highest BCUT2D eigenvalue weighted by molar-refractivity contribution is 5.94. The van der Waals surface area contributed by atoms with Crippen LogP contribution < -0.4 is 14.4 Å². The van der Waals surface area contributed by atoms with E-state index in [0.717, 1.165) is 12.8 Å². The first kappa shape index (κ1) is 27.3. The number of aliphatic hydroxyl groups is 1. The van der Waals surface area contributed by atoms with Gasteiger partial charge in [-0.3, -0.25) is 9.69 Å². The zero-order chi connectivity index (χ0) is 26.1. The fourth-order valence-corrected chi connectivity index (χ4v) is 3.66. The molecule has 1 saturated carbocycles. The van der Waals surface area contributed by atoms with Gasteiger partial charge in [-0.25, -0.2) is 14.8 Å². The molecule has 0 saturated heterocycles. The van der Waals surface area contributed by atoms with Crippen molar-refractivity contribution in [3.8, 4) is 17.4 Å². The predicted molar refractivity (Wildman–Crippen MR) is 132 cm³/mol. The maximum atomic E-state index is 13.3. The van der Waals surface area contributed by atoms with Crippen LogP contribution in [0.25, 0.3) is 0 Å². The second-order valence-electron chi connectivity index (χ2n) is 8.89. The van der Waals surface area contributed by atoms with Gasteiger partial charge in [0.1, 0.15) is 17.6 Å². The first-order chi connectivity index (χ1) is 17.4. The molecule has 10 heteroatoms. The van der Waals surface area contributed by atoms with E-state index in [-0.39, 0.29) is 35.6 Å². The van der Waals surface area contributed by atoms with Crippen LogP contribution in [-0.2, 0) is 14.3 Å². The van der Waals surface area contributed by atoms with Crippen LogP contribution in [0.15, 0.2) is 30.6 Å². The maximum Gasteiger partial charge on any atom is 0.338 e. The summed E-state index contributed by atoms with van der Waals surface area (Å²) in [5.41, 5.74) is 0.225. The zero-order valence-electron chi connectivity index (χ0n) is 21.3. The molecule has 10 nitrogen and oxygen atoms in total. The number of aliphatic hydroxyl groups excluding tert-OH is 1. The van der Waals surface area contributed by atoms with Crippen molar-refractivity contribution in [3.05, 3.63) is 36.2 Å². The average Bonchev–Trinajstić information content (AvgIpc) is 3.71. The van der Waals surface area contributed by atoms with E-state index in [1.54, 1.807) is 25.0 Å². The van der Waals surface area contributed by atoms with Crippen molar-refractivity contribution in [2.45, 2.75) is 45.6 Å². The smallest absolute Gasteiger partial charge is 0.338 e. The molecule has 1 aromatic heterocycles. The Balaban J connectivity index is 1.80. The number of nitrogens with zero attached hydrogens (tertiary/aromatic N) is 3. The highest BCUT2D eigenvalue weighted by atomic mass is 16.5. The number of benzene rings is 1. The molecule has 2 aromatic rings. The monoisotopic (exact) mass is 501 g/mol. The second kappa shape index (κ2) is 13.2. The lowest BCUT2D eigenvalue weighted by atomic mass is 10.0. The minimum absolute atomic E-state index is 0.0231. The summed E-state index contributed by atoms with van der Waals surface area (Å²) in [6.07, 6.45) is 6.06.